The minimum atomic E-state index is -0.0229. The van der Waals surface area contributed by atoms with E-state index in [1.54, 1.807) is 0 Å². The Labute approximate surface area is 108 Å². The van der Waals surface area contributed by atoms with Crippen LogP contribution in [0.4, 0.5) is 0 Å². The summed E-state index contributed by atoms with van der Waals surface area (Å²) in [6.45, 7) is 6.87. The van der Waals surface area contributed by atoms with Crippen molar-refractivity contribution < 1.29 is 9.53 Å². The van der Waals surface area contributed by atoms with E-state index < -0.39 is 0 Å². The second kappa shape index (κ2) is 10.1. The number of halogens is 1. The van der Waals surface area contributed by atoms with Crippen LogP contribution in [-0.4, -0.2) is 17.4 Å². The fraction of sp³-hybridized carbons (Fsp3) is 0.923. The van der Waals surface area contributed by atoms with E-state index in [0.29, 0.717) is 11.4 Å². The van der Waals surface area contributed by atoms with Crippen LogP contribution in [-0.2, 0) is 9.53 Å². The molecule has 96 valence electrons. The van der Waals surface area contributed by atoms with E-state index in [2.05, 4.69) is 29.8 Å². The Hall–Kier alpha value is -0.0500. The molecule has 0 saturated carbocycles. The summed E-state index contributed by atoms with van der Waals surface area (Å²) in [6, 6.07) is 0. The molecule has 0 bridgehead atoms. The zero-order valence-electron chi connectivity index (χ0n) is 10.8. The van der Waals surface area contributed by atoms with E-state index in [-0.39, 0.29) is 11.9 Å². The molecule has 0 rings (SSSR count). The molecule has 0 aliphatic heterocycles. The highest BCUT2D eigenvalue weighted by Gasteiger charge is 2.19. The smallest absolute Gasteiger partial charge is 0.308 e. The van der Waals surface area contributed by atoms with Crippen molar-refractivity contribution in [2.24, 2.45) is 5.92 Å². The van der Waals surface area contributed by atoms with E-state index in [1.807, 2.05) is 6.92 Å². The number of hydrogen-bond acceptors (Lipinski definition) is 2. The van der Waals surface area contributed by atoms with Crippen LogP contribution in [0.3, 0.4) is 0 Å². The summed E-state index contributed by atoms with van der Waals surface area (Å²) in [5.74, 6) is 0.0332. The van der Waals surface area contributed by atoms with Crippen LogP contribution >= 0.6 is 15.9 Å². The predicted octanol–water partition coefficient (Wildman–Crippen LogP) is 4.31. The predicted molar refractivity (Wildman–Crippen MR) is 71.9 cm³/mol. The van der Waals surface area contributed by atoms with E-state index >= 15 is 0 Å². The van der Waals surface area contributed by atoms with Crippen molar-refractivity contribution in [2.45, 2.75) is 64.1 Å². The number of rotatable bonds is 9. The van der Waals surface area contributed by atoms with Gasteiger partial charge in [-0.05, 0) is 19.3 Å². The largest absolute Gasteiger partial charge is 0.465 e. The lowest BCUT2D eigenvalue weighted by Crippen LogP contribution is -2.20. The molecule has 0 amide bonds. The summed E-state index contributed by atoms with van der Waals surface area (Å²) in [5.41, 5.74) is 0. The van der Waals surface area contributed by atoms with Gasteiger partial charge in [0.2, 0.25) is 0 Å². The van der Waals surface area contributed by atoms with Crippen molar-refractivity contribution in [1.82, 2.24) is 0 Å². The molecule has 2 nitrogen and oxygen atoms in total. The monoisotopic (exact) mass is 292 g/mol. The summed E-state index contributed by atoms with van der Waals surface area (Å²) in [5, 5.41) is 0. The second-order valence-corrected chi connectivity index (χ2v) is 5.91. The fourth-order valence-corrected chi connectivity index (χ4v) is 2.09. The molecular formula is C13H25BrO2. The molecule has 0 aliphatic carbocycles. The van der Waals surface area contributed by atoms with Crippen molar-refractivity contribution in [3.8, 4) is 0 Å². The second-order valence-electron chi connectivity index (χ2n) is 4.35. The number of unbranched alkanes of at least 4 members (excludes halogenated alkanes) is 3. The molecule has 2 unspecified atom stereocenters. The average molecular weight is 293 g/mol. The molecule has 16 heavy (non-hydrogen) atoms. The van der Waals surface area contributed by atoms with Gasteiger partial charge >= 0.3 is 5.97 Å². The van der Waals surface area contributed by atoms with Gasteiger partial charge in [0, 0.05) is 4.83 Å². The average Bonchev–Trinajstić information content (AvgIpc) is 2.25. The first-order chi connectivity index (χ1) is 7.61. The maximum atomic E-state index is 11.7. The zero-order valence-corrected chi connectivity index (χ0v) is 12.4. The summed E-state index contributed by atoms with van der Waals surface area (Å²) >= 11 is 3.48. The SMILES string of the molecule is CCCCCCOC(=O)C(CC)CC(C)Br. The summed E-state index contributed by atoms with van der Waals surface area (Å²) in [6.07, 6.45) is 6.34. The van der Waals surface area contributed by atoms with Crippen molar-refractivity contribution in [1.29, 1.82) is 0 Å². The topological polar surface area (TPSA) is 26.3 Å². The van der Waals surface area contributed by atoms with Gasteiger partial charge in [-0.2, -0.15) is 0 Å². The molecule has 3 heteroatoms. The fourth-order valence-electron chi connectivity index (χ4n) is 1.64. The van der Waals surface area contributed by atoms with Crippen molar-refractivity contribution >= 4 is 21.9 Å². The normalized spacial score (nSPS) is 14.5. The lowest BCUT2D eigenvalue weighted by Gasteiger charge is -2.15. The van der Waals surface area contributed by atoms with Gasteiger partial charge in [0.25, 0.3) is 0 Å². The molecule has 0 aliphatic rings. The molecule has 0 spiro atoms. The lowest BCUT2D eigenvalue weighted by molar-refractivity contribution is -0.149. The van der Waals surface area contributed by atoms with Gasteiger partial charge in [0.1, 0.15) is 0 Å². The molecule has 0 saturated heterocycles. The first kappa shape index (κ1) is 16.0. The molecule has 0 fully saturated rings. The quantitative estimate of drug-likeness (QED) is 0.360. The third kappa shape index (κ3) is 8.14. The highest BCUT2D eigenvalue weighted by atomic mass is 79.9. The van der Waals surface area contributed by atoms with Gasteiger partial charge in [-0.25, -0.2) is 0 Å². The third-order valence-electron chi connectivity index (χ3n) is 2.68. The van der Waals surface area contributed by atoms with E-state index in [1.165, 1.54) is 12.8 Å². The van der Waals surface area contributed by atoms with E-state index in [0.717, 1.165) is 25.7 Å². The van der Waals surface area contributed by atoms with Crippen molar-refractivity contribution in [2.75, 3.05) is 6.61 Å². The van der Waals surface area contributed by atoms with Crippen LogP contribution in [0.15, 0.2) is 0 Å². The Morgan fingerprint density at radius 2 is 1.94 bits per heavy atom. The number of esters is 1. The number of alkyl halides is 1. The van der Waals surface area contributed by atoms with E-state index in [4.69, 9.17) is 4.74 Å². The highest BCUT2D eigenvalue weighted by molar-refractivity contribution is 9.09. The van der Waals surface area contributed by atoms with E-state index in [9.17, 15) is 4.79 Å². The molecule has 0 aromatic rings. The van der Waals surface area contributed by atoms with Gasteiger partial charge in [-0.3, -0.25) is 4.79 Å². The van der Waals surface area contributed by atoms with Gasteiger partial charge < -0.3 is 4.74 Å². The van der Waals surface area contributed by atoms with Crippen LogP contribution in [0.5, 0.6) is 0 Å². The number of carbonyl (C=O) groups excluding carboxylic acids is 1. The first-order valence-corrected chi connectivity index (χ1v) is 7.34. The lowest BCUT2D eigenvalue weighted by atomic mass is 10.0. The Bertz CT molecular complexity index is 181. The summed E-state index contributed by atoms with van der Waals surface area (Å²) in [4.78, 5) is 12.1. The number of carbonyl (C=O) groups is 1. The Morgan fingerprint density at radius 3 is 2.44 bits per heavy atom. The van der Waals surface area contributed by atoms with Crippen LogP contribution in [0, 0.1) is 5.92 Å². The zero-order chi connectivity index (χ0) is 12.4. The van der Waals surface area contributed by atoms with Crippen molar-refractivity contribution in [3.63, 3.8) is 0 Å². The Balaban J connectivity index is 3.67. The molecule has 0 aromatic heterocycles. The van der Waals surface area contributed by atoms with Crippen LogP contribution in [0.1, 0.15) is 59.3 Å². The summed E-state index contributed by atoms with van der Waals surface area (Å²) in [7, 11) is 0. The minimum absolute atomic E-state index is 0.0229. The van der Waals surface area contributed by atoms with Gasteiger partial charge in [0.15, 0.2) is 0 Å². The Kier molecular flexibility index (Phi) is 10.1. The van der Waals surface area contributed by atoms with Crippen LogP contribution < -0.4 is 0 Å². The first-order valence-electron chi connectivity index (χ1n) is 6.42. The maximum Gasteiger partial charge on any atom is 0.308 e. The van der Waals surface area contributed by atoms with Crippen LogP contribution in [0.25, 0.3) is 0 Å². The van der Waals surface area contributed by atoms with Gasteiger partial charge in [0.05, 0.1) is 12.5 Å². The third-order valence-corrected chi connectivity index (χ3v) is 3.05. The number of ether oxygens (including phenoxy) is 1. The maximum absolute atomic E-state index is 11.7. The number of hydrogen-bond donors (Lipinski definition) is 0. The van der Waals surface area contributed by atoms with Gasteiger partial charge in [-0.1, -0.05) is 56.0 Å². The van der Waals surface area contributed by atoms with Crippen LogP contribution in [0.2, 0.25) is 0 Å². The molecule has 2 atom stereocenters. The molecule has 0 radical (unpaired) electrons. The molecule has 0 N–H and O–H groups in total. The van der Waals surface area contributed by atoms with Crippen molar-refractivity contribution in [3.05, 3.63) is 0 Å². The standard InChI is InChI=1S/C13H25BrO2/c1-4-6-7-8-9-16-13(15)12(5-2)10-11(3)14/h11-12H,4-10H2,1-3H3. The summed E-state index contributed by atoms with van der Waals surface area (Å²) < 4.78 is 5.28. The van der Waals surface area contributed by atoms with Gasteiger partial charge in [-0.15, -0.1) is 0 Å². The highest BCUT2D eigenvalue weighted by Crippen LogP contribution is 2.17. The molecule has 0 heterocycles. The molecular weight excluding hydrogens is 268 g/mol. The Morgan fingerprint density at radius 1 is 1.25 bits per heavy atom. The minimum Gasteiger partial charge on any atom is -0.465 e. The molecule has 0 aromatic carbocycles.